The normalized spacial score (nSPS) is 16.4. The molecule has 0 amide bonds. The molecule has 2 aromatic rings. The fourth-order valence-electron chi connectivity index (χ4n) is 2.75. The number of carbonyl (C=O) groups excluding carboxylic acids is 1. The highest BCUT2D eigenvalue weighted by Crippen LogP contribution is 2.23. The largest absolute Gasteiger partial charge is 0.466 e. The number of hydrogen-bond acceptors (Lipinski definition) is 5. The molecule has 1 aliphatic heterocycles. The first-order chi connectivity index (χ1) is 10.2. The molecule has 0 aromatic carbocycles. The van der Waals surface area contributed by atoms with Crippen LogP contribution in [0.3, 0.4) is 0 Å². The zero-order valence-corrected chi connectivity index (χ0v) is 12.5. The molecule has 0 unspecified atom stereocenters. The lowest BCUT2D eigenvalue weighted by Crippen LogP contribution is -2.37. The topological polar surface area (TPSA) is 59.7 Å². The lowest BCUT2D eigenvalue weighted by molar-refractivity contribution is -0.148. The molecule has 6 heteroatoms. The van der Waals surface area contributed by atoms with Crippen molar-refractivity contribution in [3.63, 3.8) is 0 Å². The van der Waals surface area contributed by atoms with Crippen molar-refractivity contribution < 1.29 is 9.53 Å². The van der Waals surface area contributed by atoms with Gasteiger partial charge in [0.1, 0.15) is 5.82 Å². The summed E-state index contributed by atoms with van der Waals surface area (Å²) < 4.78 is 6.95. The Morgan fingerprint density at radius 1 is 1.38 bits per heavy atom. The number of hydrogen-bond donors (Lipinski definition) is 0. The Morgan fingerprint density at radius 2 is 2.14 bits per heavy atom. The van der Waals surface area contributed by atoms with E-state index in [1.54, 1.807) is 0 Å². The summed E-state index contributed by atoms with van der Waals surface area (Å²) in [4.78, 5) is 18.3. The van der Waals surface area contributed by atoms with Gasteiger partial charge in [0.2, 0.25) is 0 Å². The van der Waals surface area contributed by atoms with Crippen molar-refractivity contribution in [1.82, 2.24) is 14.6 Å². The van der Waals surface area contributed by atoms with Gasteiger partial charge in [0.25, 0.3) is 0 Å². The molecule has 0 radical (unpaired) electrons. The fourth-order valence-corrected chi connectivity index (χ4v) is 2.75. The summed E-state index contributed by atoms with van der Waals surface area (Å²) in [5.41, 5.74) is 1.88. The molecule has 1 aliphatic rings. The van der Waals surface area contributed by atoms with Crippen molar-refractivity contribution in [2.75, 3.05) is 24.6 Å². The van der Waals surface area contributed by atoms with Crippen molar-refractivity contribution in [1.29, 1.82) is 0 Å². The number of rotatable bonds is 3. The molecule has 6 nitrogen and oxygen atoms in total. The Bertz CT molecular complexity index is 644. The third-order valence-electron chi connectivity index (χ3n) is 3.96. The maximum Gasteiger partial charge on any atom is 0.309 e. The molecule has 0 spiro atoms. The van der Waals surface area contributed by atoms with Crippen molar-refractivity contribution in [2.45, 2.75) is 26.7 Å². The quantitative estimate of drug-likeness (QED) is 0.806. The second-order valence-electron chi connectivity index (χ2n) is 5.37. The highest BCUT2D eigenvalue weighted by Gasteiger charge is 2.26. The van der Waals surface area contributed by atoms with Gasteiger partial charge in [-0.05, 0) is 38.8 Å². The summed E-state index contributed by atoms with van der Waals surface area (Å²) in [6.07, 6.45) is 3.46. The fraction of sp³-hybridized carbons (Fsp3) is 0.533. The molecule has 0 saturated carbocycles. The predicted molar refractivity (Wildman–Crippen MR) is 79.3 cm³/mol. The molecule has 0 bridgehead atoms. The zero-order valence-electron chi connectivity index (χ0n) is 12.5. The van der Waals surface area contributed by atoms with Gasteiger partial charge in [0.05, 0.1) is 24.4 Å². The third kappa shape index (κ3) is 2.70. The van der Waals surface area contributed by atoms with Crippen LogP contribution in [-0.2, 0) is 9.53 Å². The Balaban J connectivity index is 1.70. The van der Waals surface area contributed by atoms with E-state index in [-0.39, 0.29) is 11.9 Å². The number of anilines is 1. The van der Waals surface area contributed by atoms with Crippen LogP contribution >= 0.6 is 0 Å². The molecule has 3 rings (SSSR count). The minimum Gasteiger partial charge on any atom is -0.466 e. The number of aryl methyl sites for hydroxylation is 1. The van der Waals surface area contributed by atoms with Crippen molar-refractivity contribution >= 4 is 17.4 Å². The minimum atomic E-state index is -0.0639. The standard InChI is InChI=1S/C15H20N4O2/c1-3-21-15(20)12-6-8-18(9-7-12)14-5-4-13-16-10-11(2)19(13)17-14/h4-5,10,12H,3,6-9H2,1-2H3. The van der Waals surface area contributed by atoms with Gasteiger partial charge in [-0.3, -0.25) is 4.79 Å². The maximum absolute atomic E-state index is 11.8. The van der Waals surface area contributed by atoms with Crippen LogP contribution in [0.2, 0.25) is 0 Å². The average molecular weight is 288 g/mol. The Labute approximate surface area is 123 Å². The van der Waals surface area contributed by atoms with E-state index < -0.39 is 0 Å². The Kier molecular flexibility index (Phi) is 3.77. The van der Waals surface area contributed by atoms with Crippen LogP contribution in [0.25, 0.3) is 5.65 Å². The lowest BCUT2D eigenvalue weighted by Gasteiger charge is -2.31. The number of fused-ring (bicyclic) bond motifs is 1. The van der Waals surface area contributed by atoms with Gasteiger partial charge in [-0.25, -0.2) is 9.50 Å². The molecular weight excluding hydrogens is 268 g/mol. The van der Waals surface area contributed by atoms with Crippen LogP contribution < -0.4 is 4.90 Å². The monoisotopic (exact) mass is 288 g/mol. The number of imidazole rings is 1. The molecule has 1 saturated heterocycles. The SMILES string of the molecule is CCOC(=O)C1CCN(c2ccc3ncc(C)n3n2)CC1. The van der Waals surface area contributed by atoms with Crippen LogP contribution in [0, 0.1) is 12.8 Å². The number of ether oxygens (including phenoxy) is 1. The summed E-state index contributed by atoms with van der Waals surface area (Å²) in [6.45, 7) is 5.95. The first-order valence-corrected chi connectivity index (χ1v) is 7.42. The Hall–Kier alpha value is -2.11. The molecule has 112 valence electrons. The predicted octanol–water partition coefficient (Wildman–Crippen LogP) is 1.82. The van der Waals surface area contributed by atoms with E-state index in [4.69, 9.17) is 4.74 Å². The zero-order chi connectivity index (χ0) is 14.8. The van der Waals surface area contributed by atoms with Gasteiger partial charge in [-0.1, -0.05) is 0 Å². The van der Waals surface area contributed by atoms with Crippen molar-refractivity contribution in [3.05, 3.63) is 24.0 Å². The van der Waals surface area contributed by atoms with Gasteiger partial charge in [-0.2, -0.15) is 0 Å². The number of piperidine rings is 1. The maximum atomic E-state index is 11.8. The number of esters is 1. The summed E-state index contributed by atoms with van der Waals surface area (Å²) in [6, 6.07) is 3.97. The van der Waals surface area contributed by atoms with Crippen LogP contribution in [0.5, 0.6) is 0 Å². The summed E-state index contributed by atoms with van der Waals surface area (Å²) in [5.74, 6) is 0.900. The van der Waals surface area contributed by atoms with Gasteiger partial charge in [-0.15, -0.1) is 5.10 Å². The number of carbonyl (C=O) groups is 1. The number of aromatic nitrogens is 3. The minimum absolute atomic E-state index is 0.0277. The van der Waals surface area contributed by atoms with Crippen LogP contribution in [0.4, 0.5) is 5.82 Å². The Morgan fingerprint density at radius 3 is 2.86 bits per heavy atom. The highest BCUT2D eigenvalue weighted by atomic mass is 16.5. The molecular formula is C15H20N4O2. The summed E-state index contributed by atoms with van der Waals surface area (Å²) in [5, 5.41) is 4.63. The van der Waals surface area contributed by atoms with Crippen LogP contribution in [0.1, 0.15) is 25.5 Å². The van der Waals surface area contributed by atoms with Crippen LogP contribution in [-0.4, -0.2) is 40.3 Å². The third-order valence-corrected chi connectivity index (χ3v) is 3.96. The highest BCUT2D eigenvalue weighted by molar-refractivity contribution is 5.72. The second-order valence-corrected chi connectivity index (χ2v) is 5.37. The van der Waals surface area contributed by atoms with E-state index in [0.717, 1.165) is 43.1 Å². The van der Waals surface area contributed by atoms with E-state index >= 15 is 0 Å². The first-order valence-electron chi connectivity index (χ1n) is 7.42. The van der Waals surface area contributed by atoms with Gasteiger partial charge < -0.3 is 9.64 Å². The summed E-state index contributed by atoms with van der Waals surface area (Å²) >= 11 is 0. The average Bonchev–Trinajstić information content (AvgIpc) is 2.89. The van der Waals surface area contributed by atoms with E-state index in [1.807, 2.05) is 36.7 Å². The molecule has 0 atom stereocenters. The first kappa shape index (κ1) is 13.9. The molecule has 2 aromatic heterocycles. The molecule has 3 heterocycles. The van der Waals surface area contributed by atoms with Crippen molar-refractivity contribution in [3.8, 4) is 0 Å². The van der Waals surface area contributed by atoms with Crippen LogP contribution in [0.15, 0.2) is 18.3 Å². The van der Waals surface area contributed by atoms with Gasteiger partial charge in [0, 0.05) is 13.1 Å². The molecule has 0 N–H and O–H groups in total. The van der Waals surface area contributed by atoms with Crippen molar-refractivity contribution in [2.24, 2.45) is 5.92 Å². The van der Waals surface area contributed by atoms with E-state index in [1.165, 1.54) is 0 Å². The number of nitrogens with zero attached hydrogens (tertiary/aromatic N) is 4. The molecule has 21 heavy (non-hydrogen) atoms. The summed E-state index contributed by atoms with van der Waals surface area (Å²) in [7, 11) is 0. The van der Waals surface area contributed by atoms with E-state index in [9.17, 15) is 4.79 Å². The smallest absolute Gasteiger partial charge is 0.309 e. The van der Waals surface area contributed by atoms with E-state index in [2.05, 4.69) is 15.0 Å². The van der Waals surface area contributed by atoms with Gasteiger partial charge in [0.15, 0.2) is 5.65 Å². The van der Waals surface area contributed by atoms with E-state index in [0.29, 0.717) is 6.61 Å². The molecule has 0 aliphatic carbocycles. The molecule has 1 fully saturated rings. The lowest BCUT2D eigenvalue weighted by atomic mass is 9.97. The second kappa shape index (κ2) is 5.71. The van der Waals surface area contributed by atoms with Gasteiger partial charge >= 0.3 is 5.97 Å².